The quantitative estimate of drug-likeness (QED) is 0.739. The van der Waals surface area contributed by atoms with E-state index in [4.69, 9.17) is 9.68 Å². The molecule has 1 unspecified atom stereocenters. The van der Waals surface area contributed by atoms with Crippen molar-refractivity contribution in [2.24, 2.45) is 5.41 Å². The van der Waals surface area contributed by atoms with Crippen LogP contribution in [0.15, 0.2) is 12.1 Å². The molecule has 0 radical (unpaired) electrons. The second kappa shape index (κ2) is 6.23. The van der Waals surface area contributed by atoms with Crippen molar-refractivity contribution in [3.8, 4) is 0 Å². The van der Waals surface area contributed by atoms with Gasteiger partial charge in [-0.2, -0.15) is 0 Å². The van der Waals surface area contributed by atoms with Gasteiger partial charge in [-0.05, 0) is 30.4 Å². The van der Waals surface area contributed by atoms with Crippen LogP contribution < -0.4 is 15.9 Å². The number of nitrogens with one attached hydrogen (secondary N) is 2. The lowest BCUT2D eigenvalue weighted by Gasteiger charge is -2.49. The molecule has 4 heterocycles. The molecule has 144 valence electrons. The van der Waals surface area contributed by atoms with Crippen LogP contribution in [0.25, 0.3) is 0 Å². The summed E-state index contributed by atoms with van der Waals surface area (Å²) in [6.07, 6.45) is 1.59. The fourth-order valence-corrected chi connectivity index (χ4v) is 4.36. The first-order valence-electron chi connectivity index (χ1n) is 9.28. The zero-order valence-electron chi connectivity index (χ0n) is 14.8. The van der Waals surface area contributed by atoms with Gasteiger partial charge < -0.3 is 10.2 Å². The molecule has 0 bridgehead atoms. The molecule has 27 heavy (non-hydrogen) atoms. The van der Waals surface area contributed by atoms with Crippen LogP contribution in [0.5, 0.6) is 0 Å². The van der Waals surface area contributed by atoms with Crippen LogP contribution in [-0.4, -0.2) is 55.7 Å². The first-order valence-corrected chi connectivity index (χ1v) is 9.28. The largest absolute Gasteiger partial charge is 0.369 e. The monoisotopic (exact) mass is 376 g/mol. The van der Waals surface area contributed by atoms with E-state index in [1.54, 1.807) is 0 Å². The number of rotatable bonds is 2. The zero-order chi connectivity index (χ0) is 18.6. The Morgan fingerprint density at radius 1 is 1.11 bits per heavy atom. The van der Waals surface area contributed by atoms with Crippen LogP contribution in [0.3, 0.4) is 0 Å². The smallest absolute Gasteiger partial charge is 0.263 e. The average Bonchev–Trinajstić information content (AvgIpc) is 2.90. The number of piperidine rings is 1. The minimum absolute atomic E-state index is 0.0908. The van der Waals surface area contributed by atoms with Gasteiger partial charge in [-0.3, -0.25) is 19.3 Å². The Kier molecular flexibility index (Phi) is 3.94. The van der Waals surface area contributed by atoms with Crippen LogP contribution in [-0.2, 0) is 9.68 Å². The minimum Gasteiger partial charge on any atom is -0.369 e. The van der Waals surface area contributed by atoms with Crippen LogP contribution in [0.1, 0.15) is 40.0 Å². The molecule has 2 N–H and O–H groups in total. The van der Waals surface area contributed by atoms with Crippen molar-refractivity contribution in [1.82, 2.24) is 15.9 Å². The Hall–Kier alpha value is -2.07. The number of hydrogen-bond donors (Lipinski definition) is 2. The van der Waals surface area contributed by atoms with Gasteiger partial charge in [0.1, 0.15) is 5.82 Å². The van der Waals surface area contributed by atoms with Crippen molar-refractivity contribution in [3.63, 3.8) is 0 Å². The molecule has 3 saturated heterocycles. The zero-order valence-corrected chi connectivity index (χ0v) is 14.8. The molecule has 3 fully saturated rings. The number of anilines is 1. The molecule has 9 heteroatoms. The number of imide groups is 1. The predicted octanol–water partition coefficient (Wildman–Crippen LogP) is 0.794. The molecule has 2 amide bonds. The van der Waals surface area contributed by atoms with Gasteiger partial charge in [0.05, 0.1) is 23.4 Å². The summed E-state index contributed by atoms with van der Waals surface area (Å²) in [5, 5.41) is 3.31. The van der Waals surface area contributed by atoms with Crippen LogP contribution >= 0.6 is 0 Å². The molecule has 0 aliphatic carbocycles. The maximum Gasteiger partial charge on any atom is 0.263 e. The van der Waals surface area contributed by atoms with E-state index in [9.17, 15) is 14.0 Å². The van der Waals surface area contributed by atoms with Gasteiger partial charge in [-0.25, -0.2) is 9.29 Å². The molecule has 5 rings (SSSR count). The number of hydrogen-bond acceptors (Lipinski definition) is 7. The molecule has 4 aliphatic rings. The summed E-state index contributed by atoms with van der Waals surface area (Å²) in [5.41, 5.74) is 3.30. The minimum atomic E-state index is -0.765. The highest BCUT2D eigenvalue weighted by Crippen LogP contribution is 2.38. The molecule has 8 nitrogen and oxygen atoms in total. The second-order valence-corrected chi connectivity index (χ2v) is 7.71. The summed E-state index contributed by atoms with van der Waals surface area (Å²) in [6, 6.07) is 2.71. The van der Waals surface area contributed by atoms with Crippen molar-refractivity contribution in [2.75, 3.05) is 37.7 Å². The third-order valence-electron chi connectivity index (χ3n) is 6.15. The second-order valence-electron chi connectivity index (χ2n) is 7.71. The Balaban J connectivity index is 1.41. The lowest BCUT2D eigenvalue weighted by atomic mass is 9.73. The summed E-state index contributed by atoms with van der Waals surface area (Å²) < 4.78 is 14.8. The lowest BCUT2D eigenvalue weighted by Crippen LogP contribution is -2.58. The number of halogens is 1. The summed E-state index contributed by atoms with van der Waals surface area (Å²) in [6.45, 7) is 3.84. The highest BCUT2D eigenvalue weighted by atomic mass is 19.1. The molecule has 1 atom stereocenters. The van der Waals surface area contributed by atoms with E-state index in [1.807, 2.05) is 4.90 Å². The van der Waals surface area contributed by atoms with Crippen molar-refractivity contribution in [1.29, 1.82) is 0 Å². The van der Waals surface area contributed by atoms with E-state index in [-0.39, 0.29) is 11.1 Å². The highest BCUT2D eigenvalue weighted by molar-refractivity contribution is 6.21. The van der Waals surface area contributed by atoms with Crippen molar-refractivity contribution < 1.29 is 23.7 Å². The molecule has 1 aromatic rings. The maximum atomic E-state index is 14.8. The summed E-state index contributed by atoms with van der Waals surface area (Å²) in [4.78, 5) is 38.5. The van der Waals surface area contributed by atoms with Gasteiger partial charge in [-0.15, -0.1) is 0 Å². The Morgan fingerprint density at radius 2 is 1.81 bits per heavy atom. The molecule has 0 saturated carbocycles. The van der Waals surface area contributed by atoms with Gasteiger partial charge in [0.2, 0.25) is 0 Å². The van der Waals surface area contributed by atoms with Crippen LogP contribution in [0, 0.1) is 11.2 Å². The molecular formula is C18H21FN4O4. The summed E-state index contributed by atoms with van der Waals surface area (Å²) in [5.74, 6) is -1.46. The van der Waals surface area contributed by atoms with Crippen LogP contribution in [0.4, 0.5) is 10.1 Å². The predicted molar refractivity (Wildman–Crippen MR) is 92.2 cm³/mol. The third-order valence-corrected chi connectivity index (χ3v) is 6.15. The van der Waals surface area contributed by atoms with Gasteiger partial charge in [0.15, 0.2) is 6.23 Å². The highest BCUT2D eigenvalue weighted by Gasteiger charge is 2.44. The third kappa shape index (κ3) is 2.65. The van der Waals surface area contributed by atoms with Crippen LogP contribution in [0.2, 0.25) is 0 Å². The number of carbonyl (C=O) groups excluding carboxylic acids is 2. The van der Waals surface area contributed by atoms with E-state index < -0.39 is 23.9 Å². The van der Waals surface area contributed by atoms with E-state index in [0.717, 1.165) is 43.9 Å². The van der Waals surface area contributed by atoms with Gasteiger partial charge in [0.25, 0.3) is 11.8 Å². The van der Waals surface area contributed by atoms with Gasteiger partial charge in [-0.1, -0.05) is 5.64 Å². The van der Waals surface area contributed by atoms with Crippen molar-refractivity contribution in [3.05, 3.63) is 29.1 Å². The fraction of sp³-hybridized carbons (Fsp3) is 0.556. The molecule has 4 aliphatic heterocycles. The summed E-state index contributed by atoms with van der Waals surface area (Å²) in [7, 11) is 0. The van der Waals surface area contributed by atoms with E-state index in [2.05, 4.69) is 11.0 Å². The molecule has 0 aromatic heterocycles. The molecular weight excluding hydrogens is 355 g/mol. The fourth-order valence-electron chi connectivity index (χ4n) is 4.36. The summed E-state index contributed by atoms with van der Waals surface area (Å²) >= 11 is 0. The SMILES string of the molecule is O=C1c2cc(F)c(N3CCC4(CC3)CNC4)cc2C(=O)N1C1CCONO1. The Labute approximate surface area is 155 Å². The van der Waals surface area contributed by atoms with Gasteiger partial charge in [0, 0.05) is 32.6 Å². The van der Waals surface area contributed by atoms with E-state index in [0.29, 0.717) is 24.1 Å². The first-order chi connectivity index (χ1) is 13.1. The number of nitrogens with zero attached hydrogens (tertiary/aromatic N) is 2. The Bertz CT molecular complexity index is 797. The normalized spacial score (nSPS) is 27.1. The van der Waals surface area contributed by atoms with E-state index in [1.165, 1.54) is 12.1 Å². The number of amides is 2. The van der Waals surface area contributed by atoms with E-state index >= 15 is 0 Å². The topological polar surface area (TPSA) is 83.1 Å². The number of benzene rings is 1. The first kappa shape index (κ1) is 17.1. The maximum absolute atomic E-state index is 14.8. The number of fused-ring (bicyclic) bond motifs is 1. The molecule has 1 spiro atoms. The standard InChI is InChI=1S/C18H21FN4O4/c19-13-7-11-12(17(25)23(16(11)24)15-1-6-26-21-27-15)8-14(13)22-4-2-18(3-5-22)9-20-10-18/h7-8,15,20-21H,1-6,9-10H2. The number of carbonyl (C=O) groups is 2. The average molecular weight is 376 g/mol. The van der Waals surface area contributed by atoms with Crippen molar-refractivity contribution >= 4 is 17.5 Å². The van der Waals surface area contributed by atoms with Crippen molar-refractivity contribution in [2.45, 2.75) is 25.5 Å². The lowest BCUT2D eigenvalue weighted by molar-refractivity contribution is -0.259. The Morgan fingerprint density at radius 3 is 2.41 bits per heavy atom. The molecule has 1 aromatic carbocycles. The van der Waals surface area contributed by atoms with Gasteiger partial charge >= 0.3 is 0 Å².